The normalized spacial score (nSPS) is 12.2. The molecule has 2 nitrogen and oxygen atoms in total. The monoisotopic (exact) mass is 217 g/mol. The third kappa shape index (κ3) is 2.72. The zero-order chi connectivity index (χ0) is 12.1. The molecular weight excluding hydrogens is 198 g/mol. The lowest BCUT2D eigenvalue weighted by Gasteiger charge is -2.28. The second-order valence-electron chi connectivity index (χ2n) is 4.16. The highest BCUT2D eigenvalue weighted by atomic mass is 16.2. The number of hydrogen-bond donors (Lipinski definition) is 0. The van der Waals surface area contributed by atoms with E-state index in [0.29, 0.717) is 0 Å². The number of anilines is 1. The highest BCUT2D eigenvalue weighted by Gasteiger charge is 2.21. The van der Waals surface area contributed by atoms with E-state index in [1.54, 1.807) is 6.08 Å². The summed E-state index contributed by atoms with van der Waals surface area (Å²) in [6.07, 6.45) is 1.68. The fourth-order valence-electron chi connectivity index (χ4n) is 1.59. The molecule has 1 aromatic rings. The first-order valence-electron chi connectivity index (χ1n) is 5.58. The zero-order valence-corrected chi connectivity index (χ0v) is 10.2. The maximum atomic E-state index is 12.2. The van der Waals surface area contributed by atoms with Crippen LogP contribution in [0.5, 0.6) is 0 Å². The van der Waals surface area contributed by atoms with Gasteiger partial charge < -0.3 is 4.90 Å². The van der Waals surface area contributed by atoms with Crippen LogP contribution in [0.1, 0.15) is 20.8 Å². The molecule has 0 saturated heterocycles. The molecule has 1 rings (SSSR count). The summed E-state index contributed by atoms with van der Waals surface area (Å²) in [6.45, 7) is 9.57. The summed E-state index contributed by atoms with van der Waals surface area (Å²) in [6, 6.07) is 9.88. The Balaban J connectivity index is 3.01. The van der Waals surface area contributed by atoms with Crippen molar-refractivity contribution in [3.8, 4) is 0 Å². The Morgan fingerprint density at radius 2 is 1.81 bits per heavy atom. The first-order valence-corrected chi connectivity index (χ1v) is 5.58. The Bertz CT molecular complexity index is 356. The van der Waals surface area contributed by atoms with Crippen LogP contribution in [0.2, 0.25) is 0 Å². The summed E-state index contributed by atoms with van der Waals surface area (Å²) in [4.78, 5) is 14.0. The topological polar surface area (TPSA) is 20.3 Å². The first kappa shape index (κ1) is 12.5. The third-order valence-corrected chi connectivity index (χ3v) is 2.53. The number of amides is 1. The standard InChI is InChI=1S/C14H19NO/c1-5-12(4)14(16)15(11(2)3)13-9-7-6-8-10-13/h5-12H,1H2,2-4H3. The molecule has 1 unspecified atom stereocenters. The van der Waals surface area contributed by atoms with Gasteiger partial charge in [-0.15, -0.1) is 6.58 Å². The smallest absolute Gasteiger partial charge is 0.233 e. The van der Waals surface area contributed by atoms with Crippen molar-refractivity contribution >= 4 is 11.6 Å². The van der Waals surface area contributed by atoms with Gasteiger partial charge in [0.25, 0.3) is 0 Å². The van der Waals surface area contributed by atoms with Gasteiger partial charge in [0.05, 0.1) is 5.92 Å². The number of carbonyl (C=O) groups is 1. The van der Waals surface area contributed by atoms with Gasteiger partial charge in [0.1, 0.15) is 0 Å². The molecular formula is C14H19NO. The first-order chi connectivity index (χ1) is 7.57. The van der Waals surface area contributed by atoms with Crippen molar-refractivity contribution in [1.29, 1.82) is 0 Å². The summed E-state index contributed by atoms with van der Waals surface area (Å²) in [7, 11) is 0. The fraction of sp³-hybridized carbons (Fsp3) is 0.357. The van der Waals surface area contributed by atoms with Crippen LogP contribution in [0, 0.1) is 5.92 Å². The van der Waals surface area contributed by atoms with E-state index < -0.39 is 0 Å². The molecule has 0 aromatic heterocycles. The van der Waals surface area contributed by atoms with Crippen LogP contribution >= 0.6 is 0 Å². The van der Waals surface area contributed by atoms with E-state index in [9.17, 15) is 4.79 Å². The highest BCUT2D eigenvalue weighted by Crippen LogP contribution is 2.19. The van der Waals surface area contributed by atoms with Gasteiger partial charge in [0, 0.05) is 11.7 Å². The molecule has 0 N–H and O–H groups in total. The Morgan fingerprint density at radius 1 is 1.25 bits per heavy atom. The fourth-order valence-corrected chi connectivity index (χ4v) is 1.59. The quantitative estimate of drug-likeness (QED) is 0.709. The van der Waals surface area contributed by atoms with Crippen molar-refractivity contribution in [3.05, 3.63) is 43.0 Å². The maximum Gasteiger partial charge on any atom is 0.233 e. The van der Waals surface area contributed by atoms with Crippen LogP contribution in [0.4, 0.5) is 5.69 Å². The van der Waals surface area contributed by atoms with Gasteiger partial charge in [-0.2, -0.15) is 0 Å². The average molecular weight is 217 g/mol. The highest BCUT2D eigenvalue weighted by molar-refractivity contribution is 5.96. The SMILES string of the molecule is C=CC(C)C(=O)N(c1ccccc1)C(C)C. The number of benzene rings is 1. The zero-order valence-electron chi connectivity index (χ0n) is 10.2. The molecule has 0 aliphatic carbocycles. The van der Waals surface area contributed by atoms with Crippen LogP contribution in [0.3, 0.4) is 0 Å². The third-order valence-electron chi connectivity index (χ3n) is 2.53. The Morgan fingerprint density at radius 3 is 2.25 bits per heavy atom. The molecule has 0 aliphatic heterocycles. The van der Waals surface area contributed by atoms with E-state index in [1.165, 1.54) is 0 Å². The van der Waals surface area contributed by atoms with Crippen LogP contribution in [-0.2, 0) is 4.79 Å². The average Bonchev–Trinajstić information content (AvgIpc) is 2.29. The molecule has 86 valence electrons. The van der Waals surface area contributed by atoms with Gasteiger partial charge in [-0.1, -0.05) is 31.2 Å². The van der Waals surface area contributed by atoms with Gasteiger partial charge in [0.15, 0.2) is 0 Å². The minimum Gasteiger partial charge on any atom is -0.309 e. The van der Waals surface area contributed by atoms with Crippen molar-refractivity contribution in [3.63, 3.8) is 0 Å². The number of rotatable bonds is 4. The second kappa shape index (κ2) is 5.50. The lowest BCUT2D eigenvalue weighted by molar-refractivity contribution is -0.120. The van der Waals surface area contributed by atoms with Crippen LogP contribution in [0.25, 0.3) is 0 Å². The van der Waals surface area contributed by atoms with Crippen LogP contribution < -0.4 is 4.90 Å². The van der Waals surface area contributed by atoms with E-state index in [2.05, 4.69) is 6.58 Å². The molecule has 0 spiro atoms. The van der Waals surface area contributed by atoms with Gasteiger partial charge >= 0.3 is 0 Å². The molecule has 0 fully saturated rings. The van der Waals surface area contributed by atoms with Gasteiger partial charge in [-0.3, -0.25) is 4.79 Å². The van der Waals surface area contributed by atoms with E-state index in [-0.39, 0.29) is 17.9 Å². The summed E-state index contributed by atoms with van der Waals surface area (Å²) in [5.41, 5.74) is 0.941. The molecule has 0 aliphatic rings. The predicted octanol–water partition coefficient (Wildman–Crippen LogP) is 3.25. The number of para-hydroxylation sites is 1. The number of carbonyl (C=O) groups excluding carboxylic acids is 1. The molecule has 0 saturated carbocycles. The van der Waals surface area contributed by atoms with Crippen molar-refractivity contribution in [2.24, 2.45) is 5.92 Å². The minimum absolute atomic E-state index is 0.0937. The lowest BCUT2D eigenvalue weighted by Crippen LogP contribution is -2.39. The van der Waals surface area contributed by atoms with Gasteiger partial charge in [0.2, 0.25) is 5.91 Å². The van der Waals surface area contributed by atoms with Crippen molar-refractivity contribution in [2.75, 3.05) is 4.90 Å². The van der Waals surface area contributed by atoms with E-state index in [1.807, 2.05) is 56.0 Å². The largest absolute Gasteiger partial charge is 0.309 e. The molecule has 0 heterocycles. The second-order valence-corrected chi connectivity index (χ2v) is 4.16. The molecule has 0 radical (unpaired) electrons. The maximum absolute atomic E-state index is 12.2. The summed E-state index contributed by atoms with van der Waals surface area (Å²) < 4.78 is 0. The number of hydrogen-bond acceptors (Lipinski definition) is 1. The van der Waals surface area contributed by atoms with E-state index in [4.69, 9.17) is 0 Å². The predicted molar refractivity (Wildman–Crippen MR) is 68.4 cm³/mol. The summed E-state index contributed by atoms with van der Waals surface area (Å²) >= 11 is 0. The van der Waals surface area contributed by atoms with Crippen molar-refractivity contribution in [2.45, 2.75) is 26.8 Å². The Kier molecular flexibility index (Phi) is 4.29. The van der Waals surface area contributed by atoms with Crippen LogP contribution in [0.15, 0.2) is 43.0 Å². The minimum atomic E-state index is -0.150. The summed E-state index contributed by atoms with van der Waals surface area (Å²) in [5, 5.41) is 0. The van der Waals surface area contributed by atoms with E-state index >= 15 is 0 Å². The number of nitrogens with zero attached hydrogens (tertiary/aromatic N) is 1. The van der Waals surface area contributed by atoms with Gasteiger partial charge in [-0.05, 0) is 26.0 Å². The molecule has 1 atom stereocenters. The van der Waals surface area contributed by atoms with Crippen molar-refractivity contribution in [1.82, 2.24) is 0 Å². The molecule has 16 heavy (non-hydrogen) atoms. The Labute approximate surface area is 97.6 Å². The Hall–Kier alpha value is -1.57. The summed E-state index contributed by atoms with van der Waals surface area (Å²) in [5.74, 6) is -0.0567. The molecule has 0 bridgehead atoms. The molecule has 1 amide bonds. The van der Waals surface area contributed by atoms with Crippen LogP contribution in [-0.4, -0.2) is 11.9 Å². The lowest BCUT2D eigenvalue weighted by atomic mass is 10.1. The molecule has 2 heteroatoms. The van der Waals surface area contributed by atoms with E-state index in [0.717, 1.165) is 5.69 Å². The van der Waals surface area contributed by atoms with Gasteiger partial charge in [-0.25, -0.2) is 0 Å². The van der Waals surface area contributed by atoms with Crippen molar-refractivity contribution < 1.29 is 4.79 Å². The molecule has 1 aromatic carbocycles.